The molecule has 28 heavy (non-hydrogen) atoms. The van der Waals surface area contributed by atoms with Crippen molar-refractivity contribution >= 4 is 16.9 Å². The smallest absolute Gasteiger partial charge is 0.224 e. The molecule has 1 aromatic carbocycles. The van der Waals surface area contributed by atoms with Crippen LogP contribution in [-0.2, 0) is 11.3 Å². The number of rotatable bonds is 6. The lowest BCUT2D eigenvalue weighted by Gasteiger charge is -2.34. The first kappa shape index (κ1) is 19.5. The molecule has 0 bridgehead atoms. The highest BCUT2D eigenvalue weighted by Crippen LogP contribution is 2.34. The van der Waals surface area contributed by atoms with E-state index in [0.29, 0.717) is 24.3 Å². The first-order chi connectivity index (χ1) is 13.8. The van der Waals surface area contributed by atoms with Crippen molar-refractivity contribution < 1.29 is 4.79 Å². The number of carbonyl (C=O) groups excluding carboxylic acids is 1. The molecule has 2 aromatic rings. The highest BCUT2D eigenvalue weighted by Gasteiger charge is 2.26. The summed E-state index contributed by atoms with van der Waals surface area (Å²) in [6.07, 6.45) is 13.2. The summed E-state index contributed by atoms with van der Waals surface area (Å²) in [7, 11) is 0. The minimum absolute atomic E-state index is 0.321. The zero-order chi connectivity index (χ0) is 19.3. The Morgan fingerprint density at radius 3 is 2.43 bits per heavy atom. The third-order valence-corrected chi connectivity index (χ3v) is 6.88. The van der Waals surface area contributed by atoms with Gasteiger partial charge in [-0.15, -0.1) is 0 Å². The molecule has 152 valence electrons. The van der Waals surface area contributed by atoms with Gasteiger partial charge in [0.1, 0.15) is 5.82 Å². The number of imidazole rings is 1. The molecule has 2 fully saturated rings. The maximum Gasteiger partial charge on any atom is 0.224 e. The normalized spacial score (nSPS) is 19.2. The SMILES string of the molecule is CCN(C(=O)CCn1c(C2CCCCC2)nc2ccccc21)C1CCCCC1. The topological polar surface area (TPSA) is 38.1 Å². The van der Waals surface area contributed by atoms with E-state index in [4.69, 9.17) is 4.98 Å². The zero-order valence-electron chi connectivity index (χ0n) is 17.4. The summed E-state index contributed by atoms with van der Waals surface area (Å²) in [4.78, 5) is 20.2. The van der Waals surface area contributed by atoms with Gasteiger partial charge in [-0.25, -0.2) is 4.98 Å². The standard InChI is InChI=1S/C24H35N3O/c1-2-26(20-13-7-4-8-14-20)23(28)17-18-27-22-16-10-9-15-21(22)25-24(27)19-11-5-3-6-12-19/h9-10,15-16,19-20H,2-8,11-14,17-18H2,1H3. The van der Waals surface area contributed by atoms with Crippen molar-refractivity contribution in [1.82, 2.24) is 14.5 Å². The number of fused-ring (bicyclic) bond motifs is 1. The number of nitrogens with zero attached hydrogens (tertiary/aromatic N) is 3. The van der Waals surface area contributed by atoms with Crippen LogP contribution in [0.5, 0.6) is 0 Å². The lowest BCUT2D eigenvalue weighted by Crippen LogP contribution is -2.41. The molecule has 2 aliphatic rings. The number of aromatic nitrogens is 2. The van der Waals surface area contributed by atoms with Gasteiger partial charge < -0.3 is 9.47 Å². The molecule has 0 atom stereocenters. The monoisotopic (exact) mass is 381 g/mol. The van der Waals surface area contributed by atoms with Crippen LogP contribution in [-0.4, -0.2) is 32.9 Å². The van der Waals surface area contributed by atoms with E-state index >= 15 is 0 Å². The molecule has 4 nitrogen and oxygen atoms in total. The summed E-state index contributed by atoms with van der Waals surface area (Å²) in [6, 6.07) is 8.90. The van der Waals surface area contributed by atoms with Gasteiger partial charge >= 0.3 is 0 Å². The van der Waals surface area contributed by atoms with E-state index in [0.717, 1.165) is 18.6 Å². The summed E-state index contributed by atoms with van der Waals surface area (Å²) in [5, 5.41) is 0. The number of para-hydroxylation sites is 2. The number of hydrogen-bond acceptors (Lipinski definition) is 2. The van der Waals surface area contributed by atoms with Crippen LogP contribution in [0.15, 0.2) is 24.3 Å². The van der Waals surface area contributed by atoms with Gasteiger partial charge in [0.2, 0.25) is 5.91 Å². The summed E-state index contributed by atoms with van der Waals surface area (Å²) in [6.45, 7) is 3.73. The van der Waals surface area contributed by atoms with Crippen molar-refractivity contribution in [3.05, 3.63) is 30.1 Å². The Hall–Kier alpha value is -1.84. The Morgan fingerprint density at radius 1 is 1.04 bits per heavy atom. The van der Waals surface area contributed by atoms with Gasteiger partial charge in [0.05, 0.1) is 11.0 Å². The van der Waals surface area contributed by atoms with E-state index in [1.165, 1.54) is 75.5 Å². The van der Waals surface area contributed by atoms with Crippen molar-refractivity contribution in [2.24, 2.45) is 0 Å². The quantitative estimate of drug-likeness (QED) is 0.648. The molecule has 0 saturated heterocycles. The zero-order valence-corrected chi connectivity index (χ0v) is 17.4. The van der Waals surface area contributed by atoms with Crippen molar-refractivity contribution in [2.45, 2.75) is 96.1 Å². The molecule has 0 unspecified atom stereocenters. The van der Waals surface area contributed by atoms with E-state index in [-0.39, 0.29) is 0 Å². The minimum Gasteiger partial charge on any atom is -0.340 e. The molecule has 2 saturated carbocycles. The number of hydrogen-bond donors (Lipinski definition) is 0. The number of aryl methyl sites for hydroxylation is 1. The van der Waals surface area contributed by atoms with E-state index in [1.807, 2.05) is 0 Å². The molecule has 1 amide bonds. The van der Waals surface area contributed by atoms with E-state index < -0.39 is 0 Å². The van der Waals surface area contributed by atoms with Crippen LogP contribution in [0.1, 0.15) is 89.3 Å². The summed E-state index contributed by atoms with van der Waals surface area (Å²) < 4.78 is 2.36. The van der Waals surface area contributed by atoms with Crippen LogP contribution >= 0.6 is 0 Å². The minimum atomic E-state index is 0.321. The predicted octanol–water partition coefficient (Wildman–Crippen LogP) is 5.66. The third-order valence-electron chi connectivity index (χ3n) is 6.88. The second-order valence-electron chi connectivity index (χ2n) is 8.67. The van der Waals surface area contributed by atoms with Crippen LogP contribution < -0.4 is 0 Å². The highest BCUT2D eigenvalue weighted by molar-refractivity contribution is 5.78. The summed E-state index contributed by atoms with van der Waals surface area (Å²) in [5.41, 5.74) is 2.27. The van der Waals surface area contributed by atoms with Crippen LogP contribution in [0, 0.1) is 0 Å². The maximum atomic E-state index is 13.1. The highest BCUT2D eigenvalue weighted by atomic mass is 16.2. The van der Waals surface area contributed by atoms with Crippen LogP contribution in [0.25, 0.3) is 11.0 Å². The van der Waals surface area contributed by atoms with Gasteiger partial charge in [0.15, 0.2) is 0 Å². The Labute approximate surface area is 169 Å². The number of benzene rings is 1. The average Bonchev–Trinajstić information content (AvgIpc) is 3.13. The molecular weight excluding hydrogens is 346 g/mol. The molecule has 4 heteroatoms. The van der Waals surface area contributed by atoms with Crippen molar-refractivity contribution in [3.63, 3.8) is 0 Å². The molecule has 1 aromatic heterocycles. The maximum absolute atomic E-state index is 13.1. The third kappa shape index (κ3) is 4.11. The molecular formula is C24H35N3O. The average molecular weight is 382 g/mol. The van der Waals surface area contributed by atoms with Crippen LogP contribution in [0.4, 0.5) is 0 Å². The Morgan fingerprint density at radius 2 is 1.71 bits per heavy atom. The molecule has 0 radical (unpaired) electrons. The second kappa shape index (κ2) is 9.11. The van der Waals surface area contributed by atoms with Gasteiger partial charge in [0.25, 0.3) is 0 Å². The molecule has 0 aliphatic heterocycles. The van der Waals surface area contributed by atoms with E-state index in [1.54, 1.807) is 0 Å². The molecule has 0 N–H and O–H groups in total. The lowest BCUT2D eigenvalue weighted by atomic mass is 9.88. The molecule has 2 aliphatic carbocycles. The van der Waals surface area contributed by atoms with Crippen molar-refractivity contribution in [3.8, 4) is 0 Å². The van der Waals surface area contributed by atoms with Gasteiger partial charge in [-0.1, -0.05) is 50.7 Å². The Bertz CT molecular complexity index is 784. The number of amides is 1. The van der Waals surface area contributed by atoms with Crippen molar-refractivity contribution in [2.75, 3.05) is 6.54 Å². The summed E-state index contributed by atoms with van der Waals surface area (Å²) >= 11 is 0. The van der Waals surface area contributed by atoms with Crippen LogP contribution in [0.3, 0.4) is 0 Å². The Balaban J connectivity index is 1.52. The Kier molecular flexibility index (Phi) is 6.33. The fraction of sp³-hybridized carbons (Fsp3) is 0.667. The first-order valence-corrected chi connectivity index (χ1v) is 11.5. The fourth-order valence-electron chi connectivity index (χ4n) is 5.38. The van der Waals surface area contributed by atoms with Gasteiger partial charge in [-0.2, -0.15) is 0 Å². The molecule has 4 rings (SSSR count). The summed E-state index contributed by atoms with van der Waals surface area (Å²) in [5.74, 6) is 2.09. The van der Waals surface area contributed by atoms with Crippen molar-refractivity contribution in [1.29, 1.82) is 0 Å². The van der Waals surface area contributed by atoms with Gasteiger partial charge in [-0.3, -0.25) is 4.79 Å². The van der Waals surface area contributed by atoms with Crippen LogP contribution in [0.2, 0.25) is 0 Å². The van der Waals surface area contributed by atoms with E-state index in [9.17, 15) is 4.79 Å². The molecule has 1 heterocycles. The first-order valence-electron chi connectivity index (χ1n) is 11.5. The van der Waals surface area contributed by atoms with Gasteiger partial charge in [0, 0.05) is 31.5 Å². The van der Waals surface area contributed by atoms with Gasteiger partial charge in [-0.05, 0) is 44.7 Å². The fourth-order valence-corrected chi connectivity index (χ4v) is 5.38. The largest absolute Gasteiger partial charge is 0.340 e. The molecule has 0 spiro atoms. The second-order valence-corrected chi connectivity index (χ2v) is 8.67. The number of carbonyl (C=O) groups is 1. The lowest BCUT2D eigenvalue weighted by molar-refractivity contribution is -0.134. The van der Waals surface area contributed by atoms with E-state index in [2.05, 4.69) is 40.7 Å². The predicted molar refractivity (Wildman–Crippen MR) is 114 cm³/mol.